The van der Waals surface area contributed by atoms with Gasteiger partial charge in [0, 0.05) is 6.42 Å². The second kappa shape index (κ2) is 47.3. The van der Waals surface area contributed by atoms with Gasteiger partial charge in [-0.3, -0.25) is 4.79 Å². The van der Waals surface area contributed by atoms with Crippen LogP contribution in [0.5, 0.6) is 0 Å². The number of allylic oxidation sites excluding steroid dienone is 11. The number of hydrogen-bond acceptors (Lipinski definition) is 18. The Hall–Kier alpha value is -2.77. The van der Waals surface area contributed by atoms with Crippen molar-refractivity contribution >= 4 is 5.91 Å². The smallest absolute Gasteiger partial charge is 0.220 e. The fourth-order valence-corrected chi connectivity index (χ4v) is 10.5. The molecule has 3 saturated heterocycles. The lowest BCUT2D eigenvalue weighted by Gasteiger charge is -2.48. The molecule has 17 unspecified atom stereocenters. The molecule has 3 heterocycles. The van der Waals surface area contributed by atoms with E-state index in [2.05, 4.69) is 79.9 Å². The van der Waals surface area contributed by atoms with E-state index in [1.54, 1.807) is 6.08 Å². The largest absolute Gasteiger partial charge is 0.394 e. The maximum absolute atomic E-state index is 13.3. The first-order valence-corrected chi connectivity index (χ1v) is 32.2. The molecule has 0 bridgehead atoms. The molecule has 0 aromatic carbocycles. The molecule has 0 aromatic heterocycles. The fourth-order valence-electron chi connectivity index (χ4n) is 10.5. The number of ether oxygens (including phenoxy) is 6. The monoisotopic (exact) mass is 1200 g/mol. The molecule has 19 heteroatoms. The number of carbonyl (C=O) groups excluding carboxylic acids is 1. The van der Waals surface area contributed by atoms with E-state index < -0.39 is 124 Å². The van der Waals surface area contributed by atoms with Gasteiger partial charge in [-0.05, 0) is 70.6 Å². The molecule has 486 valence electrons. The van der Waals surface area contributed by atoms with Crippen LogP contribution >= 0.6 is 0 Å². The van der Waals surface area contributed by atoms with Crippen molar-refractivity contribution in [3.8, 4) is 0 Å². The predicted octanol–water partition coefficient (Wildman–Crippen LogP) is 6.99. The van der Waals surface area contributed by atoms with Crippen LogP contribution < -0.4 is 5.32 Å². The molecule has 0 radical (unpaired) electrons. The normalized spacial score (nSPS) is 29.7. The quantitative estimate of drug-likeness (QED) is 0.0216. The Balaban J connectivity index is 1.42. The van der Waals surface area contributed by atoms with Gasteiger partial charge in [-0.15, -0.1) is 0 Å². The molecule has 1 amide bonds. The Kier molecular flexibility index (Phi) is 42.5. The third kappa shape index (κ3) is 30.0. The molecule has 0 spiro atoms. The summed E-state index contributed by atoms with van der Waals surface area (Å²) in [5.41, 5.74) is 0. The van der Waals surface area contributed by atoms with E-state index >= 15 is 0 Å². The Labute approximate surface area is 502 Å². The van der Waals surface area contributed by atoms with Gasteiger partial charge in [-0.25, -0.2) is 0 Å². The summed E-state index contributed by atoms with van der Waals surface area (Å²) in [5.74, 6) is -0.290. The number of aliphatic hydroxyl groups is 11. The van der Waals surface area contributed by atoms with Crippen LogP contribution in [0.25, 0.3) is 0 Å². The lowest BCUT2D eigenvalue weighted by atomic mass is 9.96. The molecular formula is C65H113NO18. The molecule has 0 saturated carbocycles. The zero-order valence-corrected chi connectivity index (χ0v) is 50.9. The lowest BCUT2D eigenvalue weighted by molar-refractivity contribution is -0.379. The van der Waals surface area contributed by atoms with Gasteiger partial charge < -0.3 is 89.9 Å². The molecule has 17 atom stereocenters. The van der Waals surface area contributed by atoms with Crippen molar-refractivity contribution in [2.75, 3.05) is 26.4 Å². The van der Waals surface area contributed by atoms with Gasteiger partial charge in [0.05, 0.1) is 38.6 Å². The second-order valence-electron chi connectivity index (χ2n) is 22.8. The van der Waals surface area contributed by atoms with Crippen molar-refractivity contribution in [3.63, 3.8) is 0 Å². The highest BCUT2D eigenvalue weighted by atomic mass is 16.8. The van der Waals surface area contributed by atoms with Crippen molar-refractivity contribution in [1.29, 1.82) is 0 Å². The van der Waals surface area contributed by atoms with Crippen LogP contribution in [0.3, 0.4) is 0 Å². The molecule has 0 aromatic rings. The molecule has 3 rings (SSSR count). The molecular weight excluding hydrogens is 1080 g/mol. The molecule has 19 nitrogen and oxygen atoms in total. The van der Waals surface area contributed by atoms with Crippen LogP contribution in [-0.2, 0) is 33.2 Å². The Morgan fingerprint density at radius 3 is 1.33 bits per heavy atom. The van der Waals surface area contributed by atoms with Gasteiger partial charge in [0.15, 0.2) is 18.9 Å². The average Bonchev–Trinajstić information content (AvgIpc) is 2.98. The number of aliphatic hydroxyl groups excluding tert-OH is 11. The minimum Gasteiger partial charge on any atom is -0.394 e. The Morgan fingerprint density at radius 2 is 0.833 bits per heavy atom. The van der Waals surface area contributed by atoms with Crippen molar-refractivity contribution in [3.05, 3.63) is 72.9 Å². The molecule has 84 heavy (non-hydrogen) atoms. The van der Waals surface area contributed by atoms with E-state index in [4.69, 9.17) is 28.4 Å². The summed E-state index contributed by atoms with van der Waals surface area (Å²) in [5, 5.41) is 120. The van der Waals surface area contributed by atoms with Crippen molar-refractivity contribution in [1.82, 2.24) is 5.32 Å². The number of amides is 1. The van der Waals surface area contributed by atoms with Gasteiger partial charge in [0.25, 0.3) is 0 Å². The van der Waals surface area contributed by atoms with Crippen LogP contribution in [0.4, 0.5) is 0 Å². The van der Waals surface area contributed by atoms with Gasteiger partial charge in [-0.2, -0.15) is 0 Å². The Bertz CT molecular complexity index is 1810. The van der Waals surface area contributed by atoms with E-state index in [0.29, 0.717) is 12.8 Å². The maximum Gasteiger partial charge on any atom is 0.220 e. The van der Waals surface area contributed by atoms with E-state index in [1.165, 1.54) is 96.3 Å². The zero-order chi connectivity index (χ0) is 61.2. The zero-order valence-electron chi connectivity index (χ0n) is 50.9. The molecule has 3 aliphatic heterocycles. The summed E-state index contributed by atoms with van der Waals surface area (Å²) in [6, 6.07) is -0.992. The van der Waals surface area contributed by atoms with Crippen LogP contribution in [0, 0.1) is 0 Å². The molecule has 3 fully saturated rings. The standard InChI is InChI=1S/C65H113NO18/c1-3-5-7-9-11-13-15-17-18-19-20-21-22-23-24-25-26-27-28-29-30-31-33-35-37-39-41-43-53(71)66-48(49(70)42-40-38-36-34-32-16-14-12-10-8-6-4-2)47-79-63-59(77)56(74)61(51(45-68)81-63)84-65-60(78)57(75)62(52(46-69)82-65)83-64-58(76)55(73)54(72)50(44-67)80-64/h5,7,11,13,17-18,20-21,32,34,40,42,48-52,54-65,67-70,72-78H,3-4,6,8-10,12,14-16,19,22-31,33,35-39,41,43-47H2,1-2H3,(H,66,71)/b7-5-,13-11-,18-17-,21-20-,34-32+,42-40+. The summed E-state index contributed by atoms with van der Waals surface area (Å²) in [6.45, 7) is 1.56. The highest BCUT2D eigenvalue weighted by Gasteiger charge is 2.53. The third-order valence-electron chi connectivity index (χ3n) is 15.7. The van der Waals surface area contributed by atoms with E-state index in [1.807, 2.05) is 6.08 Å². The van der Waals surface area contributed by atoms with Crippen LogP contribution in [-0.4, -0.2) is 193 Å². The van der Waals surface area contributed by atoms with Crippen LogP contribution in [0.15, 0.2) is 72.9 Å². The molecule has 12 N–H and O–H groups in total. The minimum atomic E-state index is -1.98. The minimum absolute atomic E-state index is 0.231. The van der Waals surface area contributed by atoms with Gasteiger partial charge >= 0.3 is 0 Å². The predicted molar refractivity (Wildman–Crippen MR) is 323 cm³/mol. The summed E-state index contributed by atoms with van der Waals surface area (Å²) >= 11 is 0. The number of carbonyl (C=O) groups is 1. The second-order valence-corrected chi connectivity index (χ2v) is 22.8. The summed E-state index contributed by atoms with van der Waals surface area (Å²) < 4.78 is 34.2. The molecule has 0 aliphatic carbocycles. The highest BCUT2D eigenvalue weighted by Crippen LogP contribution is 2.33. The number of nitrogens with one attached hydrogen (secondary N) is 1. The van der Waals surface area contributed by atoms with Crippen molar-refractivity contribution in [2.24, 2.45) is 0 Å². The number of rotatable bonds is 47. The summed E-state index contributed by atoms with van der Waals surface area (Å²) in [6.07, 6.45) is 30.4. The first kappa shape index (κ1) is 75.5. The molecule has 3 aliphatic rings. The number of hydrogen-bond donors (Lipinski definition) is 12. The van der Waals surface area contributed by atoms with E-state index in [9.17, 15) is 61.0 Å². The Morgan fingerprint density at radius 1 is 0.440 bits per heavy atom. The lowest BCUT2D eigenvalue weighted by Crippen LogP contribution is -2.66. The van der Waals surface area contributed by atoms with Gasteiger partial charge in [-0.1, -0.05) is 196 Å². The third-order valence-corrected chi connectivity index (χ3v) is 15.7. The topological polar surface area (TPSA) is 307 Å². The summed E-state index contributed by atoms with van der Waals surface area (Å²) in [4.78, 5) is 13.3. The maximum atomic E-state index is 13.3. The van der Waals surface area contributed by atoms with Crippen LogP contribution in [0.1, 0.15) is 200 Å². The number of unbranched alkanes of at least 4 members (excludes halogenated alkanes) is 21. The van der Waals surface area contributed by atoms with E-state index in [-0.39, 0.29) is 18.9 Å². The first-order valence-electron chi connectivity index (χ1n) is 32.2. The van der Waals surface area contributed by atoms with Gasteiger partial charge in [0.2, 0.25) is 5.91 Å². The van der Waals surface area contributed by atoms with Crippen molar-refractivity contribution in [2.45, 2.75) is 304 Å². The van der Waals surface area contributed by atoms with Crippen LogP contribution in [0.2, 0.25) is 0 Å². The fraction of sp³-hybridized carbons (Fsp3) is 0.800. The van der Waals surface area contributed by atoms with Crippen molar-refractivity contribution < 1.29 is 89.4 Å². The van der Waals surface area contributed by atoms with Gasteiger partial charge in [0.1, 0.15) is 73.2 Å². The average molecular weight is 1200 g/mol. The SMILES string of the molecule is CC/C=C\C/C=C\C/C=C\C/C=C\CCCCCCCCCCCCCCCCC(=O)NC(COC1OC(CO)C(OC2OC(CO)C(OC3OC(CO)C(O)C(O)C3O)C(O)C2O)C(O)C1O)C(O)/C=C/CC/C=C/CCCCCCCC. The highest BCUT2D eigenvalue weighted by molar-refractivity contribution is 5.76. The van der Waals surface area contributed by atoms with E-state index in [0.717, 1.165) is 70.6 Å². The first-order chi connectivity index (χ1) is 40.8. The summed E-state index contributed by atoms with van der Waals surface area (Å²) in [7, 11) is 0.